The van der Waals surface area contributed by atoms with E-state index in [1.807, 2.05) is 6.07 Å². The molecule has 0 spiro atoms. The molecule has 0 saturated carbocycles. The summed E-state index contributed by atoms with van der Waals surface area (Å²) in [4.78, 5) is 12.5. The Morgan fingerprint density at radius 3 is 2.26 bits per heavy atom. The second kappa shape index (κ2) is 9.61. The molecule has 0 saturated heterocycles. The first-order chi connectivity index (χ1) is 14.9. The van der Waals surface area contributed by atoms with Crippen LogP contribution in [0.25, 0.3) is 6.08 Å². The van der Waals surface area contributed by atoms with Gasteiger partial charge >= 0.3 is 10.1 Å². The lowest BCUT2D eigenvalue weighted by Crippen LogP contribution is -2.14. The van der Waals surface area contributed by atoms with Crippen molar-refractivity contribution in [2.24, 2.45) is 0 Å². The van der Waals surface area contributed by atoms with E-state index in [1.54, 1.807) is 60.7 Å². The first-order valence-corrected chi connectivity index (χ1v) is 10.5. The van der Waals surface area contributed by atoms with Gasteiger partial charge in [0.25, 0.3) is 5.91 Å². The molecule has 0 fully saturated rings. The number of hydrogen-bond donors (Lipinski definition) is 1. The van der Waals surface area contributed by atoms with Gasteiger partial charge in [-0.1, -0.05) is 36.4 Å². The van der Waals surface area contributed by atoms with E-state index < -0.39 is 16.0 Å². The highest BCUT2D eigenvalue weighted by Crippen LogP contribution is 2.25. The zero-order valence-electron chi connectivity index (χ0n) is 16.5. The number of para-hydroxylation sites is 1. The van der Waals surface area contributed by atoms with Crippen LogP contribution in [0.4, 0.5) is 5.69 Å². The molecule has 7 nitrogen and oxygen atoms in total. The molecule has 1 N–H and O–H groups in total. The molecule has 0 heterocycles. The van der Waals surface area contributed by atoms with Crippen molar-refractivity contribution in [3.8, 4) is 17.6 Å². The summed E-state index contributed by atoms with van der Waals surface area (Å²) in [5, 5.41) is 12.1. The van der Waals surface area contributed by atoms with Gasteiger partial charge in [0.2, 0.25) is 0 Å². The number of anilines is 1. The average Bonchev–Trinajstić information content (AvgIpc) is 2.79. The van der Waals surface area contributed by atoms with Crippen molar-refractivity contribution < 1.29 is 22.1 Å². The largest absolute Gasteiger partial charge is 0.497 e. The molecule has 0 atom stereocenters. The number of nitriles is 1. The molecule has 3 rings (SSSR count). The van der Waals surface area contributed by atoms with Crippen molar-refractivity contribution in [1.29, 1.82) is 5.26 Å². The third-order valence-corrected chi connectivity index (χ3v) is 5.41. The number of amides is 1. The molecule has 1 amide bonds. The highest BCUT2D eigenvalue weighted by atomic mass is 32.2. The van der Waals surface area contributed by atoms with Crippen LogP contribution >= 0.6 is 0 Å². The monoisotopic (exact) mass is 434 g/mol. The molecular weight excluding hydrogens is 416 g/mol. The zero-order valence-corrected chi connectivity index (χ0v) is 17.3. The normalized spacial score (nSPS) is 11.3. The molecule has 0 bridgehead atoms. The second-order valence-corrected chi connectivity index (χ2v) is 7.79. The first kappa shape index (κ1) is 21.6. The van der Waals surface area contributed by atoms with Gasteiger partial charge in [-0.05, 0) is 48.5 Å². The van der Waals surface area contributed by atoms with E-state index in [4.69, 9.17) is 8.92 Å². The molecule has 0 aliphatic rings. The van der Waals surface area contributed by atoms with Crippen molar-refractivity contribution >= 4 is 27.8 Å². The molecule has 0 aliphatic heterocycles. The molecule has 0 aromatic heterocycles. The molecule has 156 valence electrons. The van der Waals surface area contributed by atoms with Gasteiger partial charge in [-0.3, -0.25) is 4.79 Å². The molecule has 31 heavy (non-hydrogen) atoms. The maximum atomic E-state index is 12.5. The van der Waals surface area contributed by atoms with Crippen molar-refractivity contribution in [2.75, 3.05) is 12.4 Å². The van der Waals surface area contributed by atoms with E-state index in [1.165, 1.54) is 31.4 Å². The quantitative estimate of drug-likeness (QED) is 0.342. The minimum absolute atomic E-state index is 0.00338. The van der Waals surface area contributed by atoms with Crippen LogP contribution in [-0.4, -0.2) is 21.4 Å². The van der Waals surface area contributed by atoms with Crippen LogP contribution in [0.3, 0.4) is 0 Å². The number of ether oxygens (including phenoxy) is 1. The maximum absolute atomic E-state index is 12.5. The highest BCUT2D eigenvalue weighted by Gasteiger charge is 2.18. The predicted octanol–water partition coefficient (Wildman–Crippen LogP) is 4.01. The van der Waals surface area contributed by atoms with Crippen molar-refractivity contribution in [3.05, 3.63) is 90.0 Å². The van der Waals surface area contributed by atoms with Crippen molar-refractivity contribution in [3.63, 3.8) is 0 Å². The van der Waals surface area contributed by atoms with Crippen LogP contribution in [0, 0.1) is 11.3 Å². The Bertz CT molecular complexity index is 1250. The SMILES string of the molecule is COc1ccc(NC(=O)/C(C#N)=C/c2ccccc2OS(=O)(=O)c2ccccc2)cc1. The second-order valence-electron chi connectivity index (χ2n) is 6.24. The fourth-order valence-corrected chi connectivity index (χ4v) is 3.58. The van der Waals surface area contributed by atoms with Gasteiger partial charge < -0.3 is 14.2 Å². The van der Waals surface area contributed by atoms with Gasteiger partial charge in [-0.25, -0.2) is 0 Å². The summed E-state index contributed by atoms with van der Waals surface area (Å²) < 4.78 is 35.4. The average molecular weight is 434 g/mol. The van der Waals surface area contributed by atoms with E-state index in [0.717, 1.165) is 0 Å². The molecule has 0 aliphatic carbocycles. The van der Waals surface area contributed by atoms with Crippen LogP contribution in [0.1, 0.15) is 5.56 Å². The highest BCUT2D eigenvalue weighted by molar-refractivity contribution is 7.87. The molecule has 3 aromatic carbocycles. The number of carbonyl (C=O) groups is 1. The van der Waals surface area contributed by atoms with Crippen LogP contribution in [0.15, 0.2) is 89.3 Å². The Kier molecular flexibility index (Phi) is 6.70. The third-order valence-electron chi connectivity index (χ3n) is 4.16. The summed E-state index contributed by atoms with van der Waals surface area (Å²) in [6.45, 7) is 0. The topological polar surface area (TPSA) is 105 Å². The van der Waals surface area contributed by atoms with Gasteiger partial charge in [0.1, 0.15) is 28.0 Å². The number of methoxy groups -OCH3 is 1. The number of nitrogens with zero attached hydrogens (tertiary/aromatic N) is 1. The minimum atomic E-state index is -4.08. The number of hydrogen-bond acceptors (Lipinski definition) is 6. The van der Waals surface area contributed by atoms with Crippen molar-refractivity contribution in [2.45, 2.75) is 4.90 Å². The maximum Gasteiger partial charge on any atom is 0.339 e. The first-order valence-electron chi connectivity index (χ1n) is 9.09. The van der Waals surface area contributed by atoms with E-state index in [9.17, 15) is 18.5 Å². The minimum Gasteiger partial charge on any atom is -0.497 e. The fourth-order valence-electron chi connectivity index (χ4n) is 2.61. The van der Waals surface area contributed by atoms with Crippen LogP contribution in [0.5, 0.6) is 11.5 Å². The Labute approximate surface area is 180 Å². The lowest BCUT2D eigenvalue weighted by atomic mass is 10.1. The van der Waals surface area contributed by atoms with Gasteiger partial charge in [0.05, 0.1) is 7.11 Å². The van der Waals surface area contributed by atoms with Crippen LogP contribution < -0.4 is 14.2 Å². The zero-order chi connectivity index (χ0) is 22.3. The Balaban J connectivity index is 1.86. The van der Waals surface area contributed by atoms with E-state index in [-0.39, 0.29) is 21.8 Å². The summed E-state index contributed by atoms with van der Waals surface area (Å²) in [7, 11) is -2.55. The number of benzene rings is 3. The van der Waals surface area contributed by atoms with Gasteiger partial charge in [0, 0.05) is 11.3 Å². The fraction of sp³-hybridized carbons (Fsp3) is 0.0435. The summed E-state index contributed by atoms with van der Waals surface area (Å²) >= 11 is 0. The molecule has 0 unspecified atom stereocenters. The van der Waals surface area contributed by atoms with E-state index in [0.29, 0.717) is 11.4 Å². The Hall–Kier alpha value is -4.09. The summed E-state index contributed by atoms with van der Waals surface area (Å²) in [6, 6.07) is 22.4. The summed E-state index contributed by atoms with van der Waals surface area (Å²) in [6.07, 6.45) is 1.27. The third kappa shape index (κ3) is 5.50. The lowest BCUT2D eigenvalue weighted by Gasteiger charge is -2.10. The van der Waals surface area contributed by atoms with Gasteiger partial charge in [-0.2, -0.15) is 13.7 Å². The van der Waals surface area contributed by atoms with Crippen molar-refractivity contribution in [1.82, 2.24) is 0 Å². The smallest absolute Gasteiger partial charge is 0.339 e. The van der Waals surface area contributed by atoms with Crippen LogP contribution in [0.2, 0.25) is 0 Å². The molecule has 3 aromatic rings. The Morgan fingerprint density at radius 2 is 1.61 bits per heavy atom. The number of carbonyl (C=O) groups excluding carboxylic acids is 1. The number of nitrogens with one attached hydrogen (secondary N) is 1. The van der Waals surface area contributed by atoms with E-state index in [2.05, 4.69) is 5.32 Å². The van der Waals surface area contributed by atoms with Gasteiger partial charge in [0.15, 0.2) is 0 Å². The molecule has 0 radical (unpaired) electrons. The molecule has 8 heteroatoms. The summed E-state index contributed by atoms with van der Waals surface area (Å²) in [5.41, 5.74) is 0.524. The summed E-state index contributed by atoms with van der Waals surface area (Å²) in [5.74, 6) is -0.0236. The van der Waals surface area contributed by atoms with Crippen LogP contribution in [-0.2, 0) is 14.9 Å². The molecular formula is C23H18N2O5S. The predicted molar refractivity (Wildman–Crippen MR) is 116 cm³/mol. The standard InChI is InChI=1S/C23H18N2O5S/c1-29-20-13-11-19(12-14-20)25-23(26)18(16-24)15-17-7-5-6-10-22(17)30-31(27,28)21-8-3-2-4-9-21/h2-15H,1H3,(H,25,26)/b18-15+. The Morgan fingerprint density at radius 1 is 0.968 bits per heavy atom. The van der Waals surface area contributed by atoms with E-state index >= 15 is 0 Å². The van der Waals surface area contributed by atoms with Gasteiger partial charge in [-0.15, -0.1) is 0 Å². The lowest BCUT2D eigenvalue weighted by molar-refractivity contribution is -0.112. The number of rotatable bonds is 7.